The zero-order valence-electron chi connectivity index (χ0n) is 15.0. The molecule has 3 aromatic rings. The van der Waals surface area contributed by atoms with E-state index in [0.29, 0.717) is 5.69 Å². The fourth-order valence-electron chi connectivity index (χ4n) is 2.98. The highest BCUT2D eigenvalue weighted by Gasteiger charge is 2.18. The third kappa shape index (κ3) is 3.64. The van der Waals surface area contributed by atoms with Gasteiger partial charge in [-0.2, -0.15) is 5.10 Å². The number of hydrogen-bond donors (Lipinski definition) is 1. The van der Waals surface area contributed by atoms with Crippen LogP contribution in [-0.2, 0) is 11.2 Å². The summed E-state index contributed by atoms with van der Waals surface area (Å²) < 4.78 is 15.6. The van der Waals surface area contributed by atoms with Gasteiger partial charge in [0, 0.05) is 23.7 Å². The number of rotatable bonds is 5. The summed E-state index contributed by atoms with van der Waals surface area (Å²) >= 11 is 0. The molecule has 26 heavy (non-hydrogen) atoms. The molecule has 0 saturated heterocycles. The number of aryl methyl sites for hydroxylation is 1. The van der Waals surface area contributed by atoms with Crippen LogP contribution in [0.25, 0.3) is 5.69 Å². The average Bonchev–Trinajstić information content (AvgIpc) is 2.91. The normalized spacial score (nSPS) is 12.0. The Morgan fingerprint density at radius 1 is 1.19 bits per heavy atom. The minimum atomic E-state index is -0.347. The molecular weight excluding hydrogens is 331 g/mol. The van der Waals surface area contributed by atoms with Crippen molar-refractivity contribution < 1.29 is 9.18 Å². The fraction of sp³-hybridized carbons (Fsp3) is 0.250. The lowest BCUT2D eigenvalue weighted by Crippen LogP contribution is -2.28. The van der Waals surface area contributed by atoms with Gasteiger partial charge in [-0.05, 0) is 50.6 Å². The van der Waals surface area contributed by atoms with Crippen LogP contribution in [0.4, 0.5) is 4.39 Å². The quantitative estimate of drug-likeness (QED) is 0.765. The first-order valence-corrected chi connectivity index (χ1v) is 8.46. The Balaban J connectivity index is 1.78. The third-order valence-corrected chi connectivity index (χ3v) is 4.44. The van der Waals surface area contributed by atoms with Gasteiger partial charge in [-0.25, -0.2) is 9.07 Å². The van der Waals surface area contributed by atoms with Crippen molar-refractivity contribution in [3.05, 3.63) is 77.1 Å². The van der Waals surface area contributed by atoms with E-state index in [-0.39, 0.29) is 24.2 Å². The highest BCUT2D eigenvalue weighted by molar-refractivity contribution is 5.79. The Labute approximate surface area is 151 Å². The number of halogens is 1. The van der Waals surface area contributed by atoms with Crippen LogP contribution < -0.4 is 5.32 Å². The first kappa shape index (κ1) is 17.8. The molecule has 0 aliphatic carbocycles. The molecule has 0 spiro atoms. The van der Waals surface area contributed by atoms with E-state index >= 15 is 0 Å². The SMILES string of the molecule is Cc1nn(-c2ccccc2F)c(C)c1CC(=O)NC(C)c1ccncc1. The van der Waals surface area contributed by atoms with E-state index in [1.54, 1.807) is 35.3 Å². The summed E-state index contributed by atoms with van der Waals surface area (Å²) in [4.78, 5) is 16.5. The second-order valence-electron chi connectivity index (χ2n) is 6.26. The molecule has 1 aromatic carbocycles. The molecule has 0 bridgehead atoms. The van der Waals surface area contributed by atoms with Crippen LogP contribution in [0.1, 0.15) is 35.5 Å². The molecule has 0 fully saturated rings. The zero-order chi connectivity index (χ0) is 18.7. The van der Waals surface area contributed by atoms with Crippen molar-refractivity contribution in [3.8, 4) is 5.69 Å². The Morgan fingerprint density at radius 2 is 1.88 bits per heavy atom. The molecule has 1 amide bonds. The van der Waals surface area contributed by atoms with Gasteiger partial charge >= 0.3 is 0 Å². The molecule has 0 aliphatic rings. The number of nitrogens with zero attached hydrogens (tertiary/aromatic N) is 3. The summed E-state index contributed by atoms with van der Waals surface area (Å²) in [5, 5.41) is 7.40. The summed E-state index contributed by atoms with van der Waals surface area (Å²) in [6.45, 7) is 5.61. The number of aromatic nitrogens is 3. The van der Waals surface area contributed by atoms with Gasteiger partial charge in [-0.3, -0.25) is 9.78 Å². The maximum Gasteiger partial charge on any atom is 0.225 e. The lowest BCUT2D eigenvalue weighted by molar-refractivity contribution is -0.121. The summed E-state index contributed by atoms with van der Waals surface area (Å²) in [5.41, 5.74) is 3.67. The van der Waals surface area contributed by atoms with Gasteiger partial charge in [0.25, 0.3) is 0 Å². The van der Waals surface area contributed by atoms with Gasteiger partial charge < -0.3 is 5.32 Å². The number of para-hydroxylation sites is 1. The Kier molecular flexibility index (Phi) is 5.11. The maximum absolute atomic E-state index is 14.1. The van der Waals surface area contributed by atoms with Crippen LogP contribution in [0, 0.1) is 19.7 Å². The number of hydrogen-bond acceptors (Lipinski definition) is 3. The van der Waals surface area contributed by atoms with E-state index in [0.717, 1.165) is 22.5 Å². The minimum Gasteiger partial charge on any atom is -0.349 e. The van der Waals surface area contributed by atoms with Gasteiger partial charge in [-0.1, -0.05) is 12.1 Å². The number of carbonyl (C=O) groups is 1. The van der Waals surface area contributed by atoms with Crippen molar-refractivity contribution in [2.24, 2.45) is 0 Å². The van der Waals surface area contributed by atoms with Crippen molar-refractivity contribution in [2.45, 2.75) is 33.2 Å². The third-order valence-electron chi connectivity index (χ3n) is 4.44. The van der Waals surface area contributed by atoms with E-state index in [1.807, 2.05) is 32.9 Å². The van der Waals surface area contributed by atoms with Crippen molar-refractivity contribution in [2.75, 3.05) is 0 Å². The molecule has 0 saturated carbocycles. The van der Waals surface area contributed by atoms with Gasteiger partial charge in [0.1, 0.15) is 11.5 Å². The van der Waals surface area contributed by atoms with Gasteiger partial charge in [0.05, 0.1) is 18.2 Å². The lowest BCUT2D eigenvalue weighted by atomic mass is 10.1. The van der Waals surface area contributed by atoms with E-state index in [1.165, 1.54) is 6.07 Å². The van der Waals surface area contributed by atoms with Gasteiger partial charge in [0.2, 0.25) is 5.91 Å². The van der Waals surface area contributed by atoms with E-state index in [9.17, 15) is 9.18 Å². The summed E-state index contributed by atoms with van der Waals surface area (Å²) in [5.74, 6) is -0.450. The Bertz CT molecular complexity index is 921. The first-order chi connectivity index (χ1) is 12.5. The second kappa shape index (κ2) is 7.47. The topological polar surface area (TPSA) is 59.8 Å². The lowest BCUT2D eigenvalue weighted by Gasteiger charge is -2.14. The number of benzene rings is 1. The molecule has 1 atom stereocenters. The minimum absolute atomic E-state index is 0.103. The zero-order valence-corrected chi connectivity index (χ0v) is 15.0. The molecule has 1 N–H and O–H groups in total. The summed E-state index contributed by atoms with van der Waals surface area (Å²) in [6.07, 6.45) is 3.59. The standard InChI is InChI=1S/C20H21FN4O/c1-13(16-8-10-22-11-9-16)23-20(26)12-17-14(2)24-25(15(17)3)19-7-5-4-6-18(19)21/h4-11,13H,12H2,1-3H3,(H,23,26). The molecule has 2 heterocycles. The molecule has 0 radical (unpaired) electrons. The van der Waals surface area contributed by atoms with Crippen molar-refractivity contribution in [3.63, 3.8) is 0 Å². The van der Waals surface area contributed by atoms with Crippen LogP contribution in [-0.4, -0.2) is 20.7 Å². The molecular formula is C20H21FN4O. The highest BCUT2D eigenvalue weighted by atomic mass is 19.1. The molecule has 3 rings (SSSR count). The monoisotopic (exact) mass is 352 g/mol. The van der Waals surface area contributed by atoms with E-state index in [2.05, 4.69) is 15.4 Å². The largest absolute Gasteiger partial charge is 0.349 e. The maximum atomic E-state index is 14.1. The molecule has 5 nitrogen and oxygen atoms in total. The number of carbonyl (C=O) groups excluding carboxylic acids is 1. The van der Waals surface area contributed by atoms with Crippen LogP contribution in [0.3, 0.4) is 0 Å². The second-order valence-corrected chi connectivity index (χ2v) is 6.26. The number of amides is 1. The van der Waals surface area contributed by atoms with Crippen molar-refractivity contribution in [1.29, 1.82) is 0 Å². The van der Waals surface area contributed by atoms with Crippen molar-refractivity contribution >= 4 is 5.91 Å². The predicted molar refractivity (Wildman–Crippen MR) is 97.5 cm³/mol. The molecule has 134 valence electrons. The molecule has 6 heteroatoms. The van der Waals surface area contributed by atoms with Gasteiger partial charge in [-0.15, -0.1) is 0 Å². The summed E-state index contributed by atoms with van der Waals surface area (Å²) in [6, 6.07) is 10.1. The Hall–Kier alpha value is -3.02. The number of pyridine rings is 1. The fourth-order valence-corrected chi connectivity index (χ4v) is 2.98. The average molecular weight is 352 g/mol. The van der Waals surface area contributed by atoms with Gasteiger partial charge in [0.15, 0.2) is 0 Å². The predicted octanol–water partition coefficient (Wildman–Crippen LogP) is 3.44. The molecule has 1 unspecified atom stereocenters. The van der Waals surface area contributed by atoms with Crippen LogP contribution in [0.15, 0.2) is 48.8 Å². The molecule has 2 aromatic heterocycles. The van der Waals surface area contributed by atoms with Crippen LogP contribution in [0.5, 0.6) is 0 Å². The van der Waals surface area contributed by atoms with E-state index < -0.39 is 0 Å². The van der Waals surface area contributed by atoms with Crippen LogP contribution in [0.2, 0.25) is 0 Å². The van der Waals surface area contributed by atoms with Crippen molar-refractivity contribution in [1.82, 2.24) is 20.1 Å². The molecule has 0 aliphatic heterocycles. The highest BCUT2D eigenvalue weighted by Crippen LogP contribution is 2.21. The smallest absolute Gasteiger partial charge is 0.225 e. The Morgan fingerprint density at radius 3 is 2.58 bits per heavy atom. The van der Waals surface area contributed by atoms with Crippen LogP contribution >= 0.6 is 0 Å². The summed E-state index contributed by atoms with van der Waals surface area (Å²) in [7, 11) is 0. The van der Waals surface area contributed by atoms with E-state index in [4.69, 9.17) is 0 Å². The first-order valence-electron chi connectivity index (χ1n) is 8.46. The number of nitrogens with one attached hydrogen (secondary N) is 1.